The van der Waals surface area contributed by atoms with E-state index in [1.54, 1.807) is 6.92 Å². The number of benzene rings is 2. The van der Waals surface area contributed by atoms with Crippen LogP contribution in [0.5, 0.6) is 0 Å². The smallest absolute Gasteiger partial charge is 0.257 e. The lowest BCUT2D eigenvalue weighted by Crippen LogP contribution is -2.28. The van der Waals surface area contributed by atoms with Gasteiger partial charge in [0.2, 0.25) is 0 Å². The molecule has 1 atom stereocenters. The van der Waals surface area contributed by atoms with Crippen molar-refractivity contribution in [1.82, 2.24) is 5.32 Å². The zero-order valence-corrected chi connectivity index (χ0v) is 12.2. The zero-order chi connectivity index (χ0) is 14.7. The van der Waals surface area contributed by atoms with Crippen LogP contribution >= 0.6 is 15.9 Å². The van der Waals surface area contributed by atoms with Gasteiger partial charge in [-0.3, -0.25) is 4.79 Å². The maximum absolute atomic E-state index is 13.5. The second kappa shape index (κ2) is 6.13. The Hall–Kier alpha value is -1.75. The largest absolute Gasteiger partial charge is 0.345 e. The van der Waals surface area contributed by atoms with E-state index in [0.29, 0.717) is 0 Å². The molecule has 0 aliphatic carbocycles. The first kappa shape index (κ1) is 14.7. The van der Waals surface area contributed by atoms with Crippen molar-refractivity contribution in [2.45, 2.75) is 13.0 Å². The number of carbonyl (C=O) groups excluding carboxylic acids is 1. The molecule has 0 aliphatic rings. The minimum atomic E-state index is -0.870. The number of carbonyl (C=O) groups is 1. The molecule has 1 amide bonds. The van der Waals surface area contributed by atoms with E-state index in [-0.39, 0.29) is 6.04 Å². The second-order valence-electron chi connectivity index (χ2n) is 4.34. The van der Waals surface area contributed by atoms with Crippen LogP contribution in [0, 0.1) is 11.6 Å². The monoisotopic (exact) mass is 339 g/mol. The highest BCUT2D eigenvalue weighted by Crippen LogP contribution is 2.18. The van der Waals surface area contributed by atoms with Gasteiger partial charge < -0.3 is 5.32 Å². The number of rotatable bonds is 3. The van der Waals surface area contributed by atoms with Crippen LogP contribution in [0.4, 0.5) is 8.78 Å². The predicted octanol–water partition coefficient (Wildman–Crippen LogP) is 4.22. The van der Waals surface area contributed by atoms with E-state index in [1.807, 2.05) is 24.3 Å². The fraction of sp³-hybridized carbons (Fsp3) is 0.133. The second-order valence-corrected chi connectivity index (χ2v) is 5.26. The average molecular weight is 340 g/mol. The van der Waals surface area contributed by atoms with Crippen LogP contribution in [0.15, 0.2) is 46.9 Å². The van der Waals surface area contributed by atoms with Crippen LogP contribution in [0.1, 0.15) is 28.9 Å². The molecule has 20 heavy (non-hydrogen) atoms. The summed E-state index contributed by atoms with van der Waals surface area (Å²) in [5.41, 5.74) is 0.287. The Morgan fingerprint density at radius 2 is 1.65 bits per heavy atom. The fourth-order valence-corrected chi connectivity index (χ4v) is 2.08. The summed E-state index contributed by atoms with van der Waals surface area (Å²) in [4.78, 5) is 11.9. The molecule has 0 spiro atoms. The predicted molar refractivity (Wildman–Crippen MR) is 76.4 cm³/mol. The summed E-state index contributed by atoms with van der Waals surface area (Å²) < 4.78 is 27.9. The van der Waals surface area contributed by atoms with Crippen molar-refractivity contribution < 1.29 is 13.6 Å². The molecule has 0 radical (unpaired) electrons. The van der Waals surface area contributed by atoms with Crippen LogP contribution in [0.2, 0.25) is 0 Å². The third kappa shape index (κ3) is 3.22. The van der Waals surface area contributed by atoms with E-state index in [0.717, 1.165) is 22.2 Å². The maximum Gasteiger partial charge on any atom is 0.257 e. The number of hydrogen-bond acceptors (Lipinski definition) is 1. The number of hydrogen-bond donors (Lipinski definition) is 1. The summed E-state index contributed by atoms with van der Waals surface area (Å²) in [6, 6.07) is 10.3. The summed E-state index contributed by atoms with van der Waals surface area (Å²) in [5.74, 6) is -2.51. The maximum atomic E-state index is 13.5. The van der Waals surface area contributed by atoms with Gasteiger partial charge in [0.05, 0.1) is 6.04 Å². The first-order valence-corrected chi connectivity index (χ1v) is 6.78. The highest BCUT2D eigenvalue weighted by Gasteiger charge is 2.19. The van der Waals surface area contributed by atoms with E-state index in [4.69, 9.17) is 0 Å². The molecular weight excluding hydrogens is 328 g/mol. The topological polar surface area (TPSA) is 29.1 Å². The van der Waals surface area contributed by atoms with Crippen LogP contribution < -0.4 is 5.32 Å². The molecule has 0 saturated heterocycles. The molecule has 0 fully saturated rings. The first-order valence-electron chi connectivity index (χ1n) is 5.99. The lowest BCUT2D eigenvalue weighted by molar-refractivity contribution is 0.0931. The van der Waals surface area contributed by atoms with Gasteiger partial charge in [-0.2, -0.15) is 0 Å². The molecule has 2 aromatic carbocycles. The molecule has 2 aromatic rings. The lowest BCUT2D eigenvalue weighted by Gasteiger charge is -2.15. The zero-order valence-electron chi connectivity index (χ0n) is 10.7. The SMILES string of the molecule is CC(NC(=O)c1c(F)cccc1F)c1ccc(Br)cc1. The highest BCUT2D eigenvalue weighted by atomic mass is 79.9. The molecule has 2 nitrogen and oxygen atoms in total. The van der Waals surface area contributed by atoms with Crippen LogP contribution in [0.3, 0.4) is 0 Å². The summed E-state index contributed by atoms with van der Waals surface area (Å²) >= 11 is 3.31. The summed E-state index contributed by atoms with van der Waals surface area (Å²) in [7, 11) is 0. The van der Waals surface area contributed by atoms with Gasteiger partial charge in [-0.05, 0) is 36.8 Å². The van der Waals surface area contributed by atoms with Gasteiger partial charge in [0.15, 0.2) is 0 Å². The Bertz CT molecular complexity index is 608. The molecule has 0 heterocycles. The standard InChI is InChI=1S/C15H12BrF2NO/c1-9(10-5-7-11(16)8-6-10)19-15(20)14-12(17)3-2-4-13(14)18/h2-9H,1H3,(H,19,20). The molecule has 1 unspecified atom stereocenters. The van der Waals surface area contributed by atoms with Gasteiger partial charge in [0, 0.05) is 4.47 Å². The fourth-order valence-electron chi connectivity index (χ4n) is 1.82. The molecule has 2 rings (SSSR count). The van der Waals surface area contributed by atoms with Gasteiger partial charge in [-0.25, -0.2) is 8.78 Å². The highest BCUT2D eigenvalue weighted by molar-refractivity contribution is 9.10. The number of nitrogens with one attached hydrogen (secondary N) is 1. The van der Waals surface area contributed by atoms with Crippen molar-refractivity contribution in [1.29, 1.82) is 0 Å². The molecule has 0 saturated carbocycles. The number of halogens is 3. The Morgan fingerprint density at radius 3 is 2.20 bits per heavy atom. The quantitative estimate of drug-likeness (QED) is 0.891. The Kier molecular flexibility index (Phi) is 4.49. The van der Waals surface area contributed by atoms with Crippen molar-refractivity contribution in [2.24, 2.45) is 0 Å². The van der Waals surface area contributed by atoms with Gasteiger partial charge in [-0.1, -0.05) is 34.1 Å². The molecule has 0 aliphatic heterocycles. The van der Waals surface area contributed by atoms with E-state index < -0.39 is 23.1 Å². The molecule has 0 bridgehead atoms. The van der Waals surface area contributed by atoms with Gasteiger partial charge in [0.25, 0.3) is 5.91 Å². The van der Waals surface area contributed by atoms with E-state index >= 15 is 0 Å². The molecule has 1 N–H and O–H groups in total. The summed E-state index contributed by atoms with van der Waals surface area (Å²) in [6.45, 7) is 1.75. The molecular formula is C15H12BrF2NO. The Morgan fingerprint density at radius 1 is 1.10 bits per heavy atom. The van der Waals surface area contributed by atoms with E-state index in [2.05, 4.69) is 21.2 Å². The number of amides is 1. The van der Waals surface area contributed by atoms with Crippen LogP contribution in [-0.4, -0.2) is 5.91 Å². The van der Waals surface area contributed by atoms with E-state index in [9.17, 15) is 13.6 Å². The minimum Gasteiger partial charge on any atom is -0.345 e. The van der Waals surface area contributed by atoms with Crippen molar-refractivity contribution in [2.75, 3.05) is 0 Å². The van der Waals surface area contributed by atoms with Crippen LogP contribution in [-0.2, 0) is 0 Å². The summed E-state index contributed by atoms with van der Waals surface area (Å²) in [6.07, 6.45) is 0. The van der Waals surface area contributed by atoms with Gasteiger partial charge in [-0.15, -0.1) is 0 Å². The van der Waals surface area contributed by atoms with Gasteiger partial charge in [0.1, 0.15) is 17.2 Å². The molecule has 5 heteroatoms. The summed E-state index contributed by atoms with van der Waals surface area (Å²) in [5, 5.41) is 2.58. The Balaban J connectivity index is 2.17. The third-order valence-corrected chi connectivity index (χ3v) is 3.44. The average Bonchev–Trinajstić information content (AvgIpc) is 2.39. The van der Waals surface area contributed by atoms with Crippen molar-refractivity contribution in [3.8, 4) is 0 Å². The van der Waals surface area contributed by atoms with Crippen molar-refractivity contribution in [3.05, 3.63) is 69.7 Å². The molecule has 0 aromatic heterocycles. The van der Waals surface area contributed by atoms with Crippen molar-refractivity contribution >= 4 is 21.8 Å². The molecule has 104 valence electrons. The first-order chi connectivity index (χ1) is 9.49. The minimum absolute atomic E-state index is 0.352. The van der Waals surface area contributed by atoms with E-state index in [1.165, 1.54) is 6.07 Å². The van der Waals surface area contributed by atoms with Crippen molar-refractivity contribution in [3.63, 3.8) is 0 Å². The third-order valence-electron chi connectivity index (χ3n) is 2.91. The Labute approximate surface area is 123 Å². The van der Waals surface area contributed by atoms with Gasteiger partial charge >= 0.3 is 0 Å². The lowest BCUT2D eigenvalue weighted by atomic mass is 10.1. The normalized spacial score (nSPS) is 12.0. The van der Waals surface area contributed by atoms with Crippen LogP contribution in [0.25, 0.3) is 0 Å².